The largest absolute Gasteiger partial charge is 0.379 e. The molecule has 2 saturated heterocycles. The van der Waals surface area contributed by atoms with Crippen LogP contribution in [0.1, 0.15) is 31.6 Å². The number of hydrogen-bond donors (Lipinski definition) is 3. The van der Waals surface area contributed by atoms with E-state index in [4.69, 9.17) is 10.1 Å². The first-order valence-corrected chi connectivity index (χ1v) is 15.4. The van der Waals surface area contributed by atoms with E-state index in [0.29, 0.717) is 43.8 Å². The number of thiazole rings is 1. The molecule has 0 saturated carbocycles. The van der Waals surface area contributed by atoms with E-state index in [0.717, 1.165) is 62.8 Å². The van der Waals surface area contributed by atoms with Gasteiger partial charge in [0.25, 0.3) is 5.91 Å². The summed E-state index contributed by atoms with van der Waals surface area (Å²) in [4.78, 5) is 32.6. The summed E-state index contributed by atoms with van der Waals surface area (Å²) in [5.41, 5.74) is 1.43. The maximum Gasteiger partial charge on any atom is 0.267 e. The van der Waals surface area contributed by atoms with Gasteiger partial charge in [0.1, 0.15) is 22.5 Å². The van der Waals surface area contributed by atoms with Crippen LogP contribution >= 0.6 is 11.3 Å². The zero-order valence-corrected chi connectivity index (χ0v) is 25.3. The van der Waals surface area contributed by atoms with Crippen molar-refractivity contribution in [1.29, 1.82) is 10.7 Å². The number of nitrogens with zero attached hydrogens (tertiary/aromatic N) is 6. The molecule has 1 unspecified atom stereocenters. The fourth-order valence-electron chi connectivity index (χ4n) is 4.99. The third kappa shape index (κ3) is 9.25. The lowest BCUT2D eigenvalue weighted by molar-refractivity contribution is -0.118. The number of likely N-dealkylation sites (tertiary alicyclic amines) is 1. The average Bonchev–Trinajstić information content (AvgIpc) is 3.48. The van der Waals surface area contributed by atoms with Gasteiger partial charge in [-0.15, -0.1) is 11.3 Å². The highest BCUT2D eigenvalue weighted by Crippen LogP contribution is 2.26. The van der Waals surface area contributed by atoms with Crippen LogP contribution in [0.3, 0.4) is 0 Å². The predicted molar refractivity (Wildman–Crippen MR) is 165 cm³/mol. The highest BCUT2D eigenvalue weighted by molar-refractivity contribution is 7.14. The van der Waals surface area contributed by atoms with E-state index in [1.807, 2.05) is 24.4 Å². The topological polar surface area (TPSA) is 143 Å². The van der Waals surface area contributed by atoms with Crippen molar-refractivity contribution in [2.24, 2.45) is 16.8 Å². The van der Waals surface area contributed by atoms with Crippen molar-refractivity contribution in [2.75, 3.05) is 59.0 Å². The number of aromatic nitrogens is 2. The summed E-state index contributed by atoms with van der Waals surface area (Å²) in [7, 11) is 0. The molecule has 2 fully saturated rings. The van der Waals surface area contributed by atoms with Gasteiger partial charge in [-0.2, -0.15) is 5.26 Å². The van der Waals surface area contributed by atoms with Gasteiger partial charge in [0.05, 0.1) is 31.5 Å². The first-order valence-electron chi connectivity index (χ1n) is 14.6. The van der Waals surface area contributed by atoms with Gasteiger partial charge in [-0.3, -0.25) is 24.6 Å². The van der Waals surface area contributed by atoms with E-state index < -0.39 is 5.92 Å². The standard InChI is InChI=1S/C30H41N9O2S/c1-3-26(37-28(25(18-31)22(2)32)34-10-13-38-14-16-41-17-15-38)29(40)35-19-23-7-11-39(12-8-23)21-24-20-36-30(42-24)27-6-4-5-9-33-27/h3-6,9,20,23,25,32H,7-8,10-17,19,21H2,1-2H3,(H,34,37)(H,35,40)/b26-3-,32-22?. The summed E-state index contributed by atoms with van der Waals surface area (Å²) in [5, 5.41) is 24.9. The second kappa shape index (κ2) is 16.2. The molecule has 4 heterocycles. The summed E-state index contributed by atoms with van der Waals surface area (Å²) in [6.45, 7) is 11.1. The average molecular weight is 592 g/mol. The van der Waals surface area contributed by atoms with Crippen LogP contribution in [-0.2, 0) is 16.1 Å². The predicted octanol–water partition coefficient (Wildman–Crippen LogP) is 2.94. The van der Waals surface area contributed by atoms with Crippen LogP contribution in [0.5, 0.6) is 0 Å². The minimum Gasteiger partial charge on any atom is -0.379 e. The number of aliphatic imine (C=N–C) groups is 1. The van der Waals surface area contributed by atoms with Crippen molar-refractivity contribution in [3.63, 3.8) is 0 Å². The van der Waals surface area contributed by atoms with Crippen LogP contribution in [0, 0.1) is 28.6 Å². The van der Waals surface area contributed by atoms with Gasteiger partial charge in [-0.1, -0.05) is 12.1 Å². The summed E-state index contributed by atoms with van der Waals surface area (Å²) in [5.74, 6) is -0.331. The number of ether oxygens (including phenoxy) is 1. The number of nitriles is 1. The van der Waals surface area contributed by atoms with E-state index >= 15 is 0 Å². The molecule has 12 heteroatoms. The van der Waals surface area contributed by atoms with Crippen LogP contribution < -0.4 is 10.6 Å². The van der Waals surface area contributed by atoms with Crippen LogP contribution in [0.15, 0.2) is 47.4 Å². The number of amidine groups is 1. The zero-order valence-electron chi connectivity index (χ0n) is 24.5. The molecule has 2 aromatic heterocycles. The number of carbonyl (C=O) groups excluding carboxylic acids is 1. The highest BCUT2D eigenvalue weighted by Gasteiger charge is 2.24. The molecule has 0 aliphatic carbocycles. The first kappa shape index (κ1) is 31.4. The van der Waals surface area contributed by atoms with Gasteiger partial charge >= 0.3 is 0 Å². The molecule has 0 radical (unpaired) electrons. The fourth-order valence-corrected chi connectivity index (χ4v) is 5.92. The van der Waals surface area contributed by atoms with E-state index in [2.05, 4.69) is 41.5 Å². The van der Waals surface area contributed by atoms with Crippen molar-refractivity contribution in [3.8, 4) is 16.8 Å². The van der Waals surface area contributed by atoms with Crippen molar-refractivity contribution < 1.29 is 9.53 Å². The van der Waals surface area contributed by atoms with Crippen LogP contribution in [-0.4, -0.2) is 96.2 Å². The van der Waals surface area contributed by atoms with Crippen molar-refractivity contribution in [1.82, 2.24) is 30.4 Å². The molecule has 0 aromatic carbocycles. The second-order valence-electron chi connectivity index (χ2n) is 10.6. The lowest BCUT2D eigenvalue weighted by atomic mass is 9.96. The lowest BCUT2D eigenvalue weighted by Gasteiger charge is -2.31. The lowest BCUT2D eigenvalue weighted by Crippen LogP contribution is -2.42. The smallest absolute Gasteiger partial charge is 0.267 e. The number of nitrogens with one attached hydrogen (secondary N) is 3. The Bertz CT molecular complexity index is 1270. The molecule has 2 aliphatic rings. The number of pyridine rings is 1. The van der Waals surface area contributed by atoms with Gasteiger partial charge in [-0.25, -0.2) is 4.98 Å². The molecule has 2 aromatic rings. The van der Waals surface area contributed by atoms with Crippen LogP contribution in [0.2, 0.25) is 0 Å². The Morgan fingerprint density at radius 1 is 1.26 bits per heavy atom. The molecular weight excluding hydrogens is 550 g/mol. The fraction of sp³-hybridized carbons (Fsp3) is 0.533. The maximum absolute atomic E-state index is 13.1. The molecule has 11 nitrogen and oxygen atoms in total. The summed E-state index contributed by atoms with van der Waals surface area (Å²) >= 11 is 1.69. The van der Waals surface area contributed by atoms with E-state index in [1.165, 1.54) is 4.88 Å². The number of piperidine rings is 1. The molecule has 2 aliphatic heterocycles. The first-order chi connectivity index (χ1) is 20.5. The third-order valence-electron chi connectivity index (χ3n) is 7.51. The quantitative estimate of drug-likeness (QED) is 0.194. The van der Waals surface area contributed by atoms with E-state index in [1.54, 1.807) is 37.5 Å². The third-order valence-corrected chi connectivity index (χ3v) is 8.51. The van der Waals surface area contributed by atoms with Crippen molar-refractivity contribution in [3.05, 3.63) is 47.2 Å². The highest BCUT2D eigenvalue weighted by atomic mass is 32.1. The van der Waals surface area contributed by atoms with Gasteiger partial charge in [0.15, 0.2) is 0 Å². The molecule has 224 valence electrons. The molecule has 42 heavy (non-hydrogen) atoms. The van der Waals surface area contributed by atoms with Gasteiger partial charge in [-0.05, 0) is 57.8 Å². The maximum atomic E-state index is 13.1. The molecule has 3 N–H and O–H groups in total. The van der Waals surface area contributed by atoms with E-state index in [-0.39, 0.29) is 11.6 Å². The van der Waals surface area contributed by atoms with Crippen LogP contribution in [0.25, 0.3) is 10.7 Å². The normalized spacial score (nSPS) is 18.3. The van der Waals surface area contributed by atoms with Gasteiger partial charge in [0.2, 0.25) is 0 Å². The monoisotopic (exact) mass is 591 g/mol. The minimum absolute atomic E-state index is 0.184. The second-order valence-corrected chi connectivity index (χ2v) is 11.7. The SMILES string of the molecule is C/C=C(\NC(=NCCN1CCOCC1)C(C#N)C(C)=N)C(=O)NCC1CCN(Cc2cnc(-c3ccccn3)s2)CC1. The number of amides is 1. The summed E-state index contributed by atoms with van der Waals surface area (Å²) < 4.78 is 5.40. The van der Waals surface area contributed by atoms with Gasteiger partial charge in [0, 0.05) is 55.7 Å². The van der Waals surface area contributed by atoms with Crippen molar-refractivity contribution >= 4 is 28.8 Å². The number of rotatable bonds is 12. The molecule has 1 atom stereocenters. The molecule has 4 rings (SSSR count). The summed E-state index contributed by atoms with van der Waals surface area (Å²) in [6.07, 6.45) is 7.43. The Hall–Kier alpha value is -3.50. The number of hydrogen-bond acceptors (Lipinski definition) is 10. The Kier molecular flexibility index (Phi) is 12.1. The summed E-state index contributed by atoms with van der Waals surface area (Å²) in [6, 6.07) is 8.01. The number of morpholine rings is 1. The van der Waals surface area contributed by atoms with Crippen LogP contribution in [0.4, 0.5) is 0 Å². The Labute approximate surface area is 252 Å². The number of allylic oxidation sites excluding steroid dienone is 1. The molecule has 0 spiro atoms. The number of carbonyl (C=O) groups is 1. The Balaban J connectivity index is 1.24. The van der Waals surface area contributed by atoms with Gasteiger partial charge < -0.3 is 20.8 Å². The molecule has 0 bridgehead atoms. The Morgan fingerprint density at radius 3 is 2.71 bits per heavy atom. The molecule has 1 amide bonds. The zero-order chi connectivity index (χ0) is 29.7. The minimum atomic E-state index is -0.833. The van der Waals surface area contributed by atoms with E-state index in [9.17, 15) is 10.1 Å². The molecular formula is C30H41N9O2S. The van der Waals surface area contributed by atoms with Crippen molar-refractivity contribution in [2.45, 2.75) is 33.2 Å². The Morgan fingerprint density at radius 2 is 2.05 bits per heavy atom.